The van der Waals surface area contributed by atoms with E-state index in [4.69, 9.17) is 5.73 Å². The number of hydrogen-bond acceptors (Lipinski definition) is 6. The third-order valence-electron chi connectivity index (χ3n) is 7.91. The molecule has 0 saturated carbocycles. The van der Waals surface area contributed by atoms with Crippen LogP contribution in [-0.4, -0.2) is 44.1 Å². The Morgan fingerprint density at radius 1 is 0.891 bits per heavy atom. The topological polar surface area (TPSA) is 93.2 Å². The van der Waals surface area contributed by atoms with Gasteiger partial charge in [0.2, 0.25) is 5.91 Å². The molecule has 0 aliphatic carbocycles. The summed E-state index contributed by atoms with van der Waals surface area (Å²) >= 11 is 0. The Bertz CT molecular complexity index is 1490. The number of carbonyl (C=O) groups excluding carboxylic acids is 1. The van der Waals surface area contributed by atoms with Crippen LogP contribution in [0.25, 0.3) is 0 Å². The summed E-state index contributed by atoms with van der Waals surface area (Å²) in [5, 5.41) is 11.6. The molecule has 4 rings (SSSR count). The van der Waals surface area contributed by atoms with E-state index in [2.05, 4.69) is 15.4 Å². The maximum absolute atomic E-state index is 13.9. The summed E-state index contributed by atoms with van der Waals surface area (Å²) in [7, 11) is 1.38. The Labute approximate surface area is 258 Å². The average molecular weight is 666 g/mol. The van der Waals surface area contributed by atoms with Crippen LogP contribution in [0.1, 0.15) is 66.1 Å². The van der Waals surface area contributed by atoms with Crippen molar-refractivity contribution in [2.24, 2.45) is 24.6 Å². The molecule has 0 spiro atoms. The van der Waals surface area contributed by atoms with E-state index >= 15 is 0 Å². The molecule has 2 aromatic carbocycles. The van der Waals surface area contributed by atoms with E-state index in [1.165, 1.54) is 18.0 Å². The van der Waals surface area contributed by atoms with Crippen molar-refractivity contribution in [3.63, 3.8) is 0 Å². The number of aromatic nitrogens is 4. The van der Waals surface area contributed by atoms with Gasteiger partial charge in [0.15, 0.2) is 0 Å². The van der Waals surface area contributed by atoms with Gasteiger partial charge in [-0.2, -0.15) is 44.3 Å². The van der Waals surface area contributed by atoms with Crippen LogP contribution in [0.5, 0.6) is 0 Å². The maximum Gasteiger partial charge on any atom is 0.416 e. The molecule has 2 N–H and O–H groups in total. The summed E-state index contributed by atoms with van der Waals surface area (Å²) in [6, 6.07) is 3.81. The van der Waals surface area contributed by atoms with E-state index in [9.17, 15) is 44.3 Å². The fourth-order valence-corrected chi connectivity index (χ4v) is 5.78. The zero-order chi connectivity index (χ0) is 34.2. The first-order valence-electron chi connectivity index (χ1n) is 14.2. The van der Waals surface area contributed by atoms with Gasteiger partial charge in [-0.3, -0.25) is 9.69 Å². The van der Waals surface area contributed by atoms with Gasteiger partial charge in [0.25, 0.3) is 5.95 Å². The molecule has 1 aliphatic heterocycles. The number of rotatable bonds is 9. The average Bonchev–Trinajstić information content (AvgIpc) is 3.38. The first-order chi connectivity index (χ1) is 21.2. The molecule has 0 bridgehead atoms. The van der Waals surface area contributed by atoms with Crippen molar-refractivity contribution in [3.05, 3.63) is 69.8 Å². The van der Waals surface area contributed by atoms with Gasteiger partial charge in [0.05, 0.1) is 23.7 Å². The van der Waals surface area contributed by atoms with Crippen LogP contribution in [0.3, 0.4) is 0 Å². The number of amides is 1. The Morgan fingerprint density at radius 2 is 1.46 bits per heavy atom. The van der Waals surface area contributed by atoms with E-state index in [1.807, 2.05) is 18.7 Å². The van der Waals surface area contributed by atoms with Crippen molar-refractivity contribution in [1.29, 1.82) is 0 Å². The highest BCUT2D eigenvalue weighted by molar-refractivity contribution is 5.76. The van der Waals surface area contributed by atoms with Crippen LogP contribution in [0, 0.1) is 11.8 Å². The lowest BCUT2D eigenvalue weighted by molar-refractivity contribution is -0.143. The van der Waals surface area contributed by atoms with Crippen molar-refractivity contribution >= 4 is 11.9 Å². The summed E-state index contributed by atoms with van der Waals surface area (Å²) in [5.74, 6) is -1.16. The monoisotopic (exact) mass is 665 g/mol. The van der Waals surface area contributed by atoms with Gasteiger partial charge in [0.1, 0.15) is 0 Å². The van der Waals surface area contributed by atoms with Crippen molar-refractivity contribution in [2.45, 2.75) is 64.3 Å². The number of nitrogens with two attached hydrogens (primary N) is 1. The van der Waals surface area contributed by atoms with Crippen LogP contribution in [-0.2, 0) is 43.5 Å². The molecular weight excluding hydrogens is 633 g/mol. The highest BCUT2D eigenvalue weighted by atomic mass is 19.4. The molecule has 8 nitrogen and oxygen atoms in total. The molecule has 1 fully saturated rings. The minimum Gasteiger partial charge on any atom is -0.369 e. The van der Waals surface area contributed by atoms with Crippen LogP contribution in [0.4, 0.5) is 45.5 Å². The van der Waals surface area contributed by atoms with Gasteiger partial charge in [-0.05, 0) is 84.1 Å². The van der Waals surface area contributed by atoms with Crippen LogP contribution < -0.4 is 10.6 Å². The van der Waals surface area contributed by atoms with Crippen LogP contribution >= 0.6 is 0 Å². The highest BCUT2D eigenvalue weighted by Gasteiger charge is 2.38. The Morgan fingerprint density at radius 3 is 1.91 bits per heavy atom. The third-order valence-corrected chi connectivity index (χ3v) is 7.91. The molecule has 46 heavy (non-hydrogen) atoms. The smallest absolute Gasteiger partial charge is 0.369 e. The quantitative estimate of drug-likeness (QED) is 0.267. The predicted octanol–water partition coefficient (Wildman–Crippen LogP) is 6.37. The largest absolute Gasteiger partial charge is 0.416 e. The van der Waals surface area contributed by atoms with Gasteiger partial charge in [-0.15, -0.1) is 5.10 Å². The van der Waals surface area contributed by atoms with Gasteiger partial charge in [-0.1, -0.05) is 25.0 Å². The number of piperidine rings is 1. The molecule has 1 amide bonds. The van der Waals surface area contributed by atoms with Crippen molar-refractivity contribution in [2.75, 3.05) is 18.0 Å². The molecule has 1 saturated heterocycles. The molecule has 1 aliphatic rings. The second-order valence-corrected chi connectivity index (χ2v) is 11.7. The zero-order valence-electron chi connectivity index (χ0n) is 25.0. The number of halogens is 9. The molecular formula is C29H32F9N7O. The molecule has 17 heteroatoms. The van der Waals surface area contributed by atoms with Crippen molar-refractivity contribution in [1.82, 2.24) is 25.1 Å². The van der Waals surface area contributed by atoms with E-state index in [0.29, 0.717) is 43.6 Å². The van der Waals surface area contributed by atoms with Gasteiger partial charge >= 0.3 is 18.5 Å². The second-order valence-electron chi connectivity index (χ2n) is 11.7. The molecule has 1 atom stereocenters. The van der Waals surface area contributed by atoms with E-state index in [1.54, 1.807) is 0 Å². The normalized spacial score (nSPS) is 16.2. The number of carbonyl (C=O) groups is 1. The van der Waals surface area contributed by atoms with E-state index < -0.39 is 65.8 Å². The standard InChI is InChI=1S/C29H32F9N7O/c1-16(2)24(44-8-6-18(7-9-44)25(39)46)23-5-4-20(27(30,31)32)12-19(23)15-45(26-40-42-43(3)41-26)14-17-10-21(28(33,34)35)13-22(11-17)29(36,37)38/h4-5,10-13,16,18,24H,6-9,14-15H2,1-3H3,(H2,39,46)/t24-/m0/s1. The number of primary amides is 1. The van der Waals surface area contributed by atoms with Crippen LogP contribution in [0.15, 0.2) is 36.4 Å². The van der Waals surface area contributed by atoms with E-state index in [-0.39, 0.29) is 29.4 Å². The SMILES string of the molecule is CC(C)[C@@H](c1ccc(C(F)(F)F)cc1CN(Cc1cc(C(F)(F)F)cc(C(F)(F)F)c1)c1nnn(C)n1)N1CCC(C(N)=O)CC1. The molecule has 252 valence electrons. The van der Waals surface area contributed by atoms with Crippen molar-refractivity contribution in [3.8, 4) is 0 Å². The number of nitrogens with zero attached hydrogens (tertiary/aromatic N) is 6. The first-order valence-corrected chi connectivity index (χ1v) is 14.2. The van der Waals surface area contributed by atoms with E-state index in [0.717, 1.165) is 16.9 Å². The number of aryl methyl sites for hydroxylation is 1. The van der Waals surface area contributed by atoms with Crippen LogP contribution in [0.2, 0.25) is 0 Å². The van der Waals surface area contributed by atoms with Gasteiger partial charge in [-0.25, -0.2) is 0 Å². The summed E-state index contributed by atoms with van der Waals surface area (Å²) < 4.78 is 123. The number of tetrazole rings is 1. The maximum atomic E-state index is 13.9. The highest BCUT2D eigenvalue weighted by Crippen LogP contribution is 2.40. The number of likely N-dealkylation sites (tertiary alicyclic amines) is 1. The Kier molecular flexibility index (Phi) is 9.94. The number of hydrogen-bond donors (Lipinski definition) is 1. The molecule has 2 heterocycles. The van der Waals surface area contributed by atoms with Gasteiger partial charge in [0, 0.05) is 25.0 Å². The minimum atomic E-state index is -5.10. The predicted molar refractivity (Wildman–Crippen MR) is 148 cm³/mol. The molecule has 3 aromatic rings. The Hall–Kier alpha value is -3.89. The zero-order valence-corrected chi connectivity index (χ0v) is 25.0. The summed E-state index contributed by atoms with van der Waals surface area (Å²) in [6.07, 6.45) is -14.1. The number of benzene rings is 2. The first kappa shape index (κ1) is 35.0. The fourth-order valence-electron chi connectivity index (χ4n) is 5.78. The lowest BCUT2D eigenvalue weighted by atomic mass is 9.86. The van der Waals surface area contributed by atoms with Gasteiger partial charge < -0.3 is 10.6 Å². The summed E-state index contributed by atoms with van der Waals surface area (Å²) in [5.41, 5.74) is 1.56. The molecule has 0 unspecified atom stereocenters. The lowest BCUT2D eigenvalue weighted by Crippen LogP contribution is -2.42. The Balaban J connectivity index is 1.81. The molecule has 1 aromatic heterocycles. The molecule has 0 radical (unpaired) electrons. The lowest BCUT2D eigenvalue weighted by Gasteiger charge is -2.40. The summed E-state index contributed by atoms with van der Waals surface area (Å²) in [6.45, 7) is 3.56. The summed E-state index contributed by atoms with van der Waals surface area (Å²) in [4.78, 5) is 15.9. The number of anilines is 1. The number of alkyl halides is 9. The minimum absolute atomic E-state index is 0.00599. The second kappa shape index (κ2) is 13.1. The van der Waals surface area contributed by atoms with Crippen molar-refractivity contribution < 1.29 is 44.3 Å². The fraction of sp³-hybridized carbons (Fsp3) is 0.517. The third kappa shape index (κ3) is 8.27.